The van der Waals surface area contributed by atoms with Crippen LogP contribution in [-0.2, 0) is 19.1 Å². The van der Waals surface area contributed by atoms with Crippen LogP contribution >= 0.6 is 0 Å². The van der Waals surface area contributed by atoms with Gasteiger partial charge in [0.1, 0.15) is 6.54 Å². The minimum atomic E-state index is -1.67. The van der Waals surface area contributed by atoms with E-state index in [2.05, 4.69) is 0 Å². The maximum Gasteiger partial charge on any atom is 0.320 e. The fourth-order valence-corrected chi connectivity index (χ4v) is 1.70. The van der Waals surface area contributed by atoms with Crippen molar-refractivity contribution in [3.05, 3.63) is 0 Å². The Kier molecular flexibility index (Phi) is 5.44. The number of carbonyl (C=O) groups is 3. The van der Waals surface area contributed by atoms with Crippen molar-refractivity contribution in [2.24, 2.45) is 5.73 Å². The van der Waals surface area contributed by atoms with E-state index in [1.54, 1.807) is 21.1 Å². The largest absolute Gasteiger partial charge is 0.481 e. The quantitative estimate of drug-likeness (QED) is 0.449. The van der Waals surface area contributed by atoms with Gasteiger partial charge >= 0.3 is 11.9 Å². The molecule has 0 radical (unpaired) electrons. The van der Waals surface area contributed by atoms with Crippen LogP contribution in [-0.4, -0.2) is 67.1 Å². The number of nitrogens with two attached hydrogens (primary N) is 1. The summed E-state index contributed by atoms with van der Waals surface area (Å²) in [7, 11) is 5.32. The summed E-state index contributed by atoms with van der Waals surface area (Å²) in [5, 5.41) is 8.90. The molecule has 0 aromatic carbocycles. The molecule has 104 valence electrons. The number of ketones is 1. The van der Waals surface area contributed by atoms with Crippen LogP contribution in [0.4, 0.5) is 0 Å². The smallest absolute Gasteiger partial charge is 0.320 e. The third-order valence-electron chi connectivity index (χ3n) is 2.28. The average molecular weight is 261 g/mol. The van der Waals surface area contributed by atoms with Crippen LogP contribution in [0.15, 0.2) is 0 Å². The van der Waals surface area contributed by atoms with Crippen LogP contribution in [0.1, 0.15) is 13.3 Å². The molecule has 0 saturated heterocycles. The van der Waals surface area contributed by atoms with Crippen molar-refractivity contribution in [3.8, 4) is 0 Å². The van der Waals surface area contributed by atoms with E-state index in [0.717, 1.165) is 0 Å². The second-order valence-corrected chi connectivity index (χ2v) is 5.25. The Morgan fingerprint density at radius 3 is 2.06 bits per heavy atom. The second-order valence-electron chi connectivity index (χ2n) is 5.25. The number of esters is 1. The van der Waals surface area contributed by atoms with Gasteiger partial charge in [0, 0.05) is 0 Å². The standard InChI is InChI=1S/C11H20N2O5/c1-8(14)11(5-9(15)16,7-13(2,3)4)18-10(17)6-12/h5-7,12H2,1-4H3/p+1/t11-/m1/s1. The summed E-state index contributed by atoms with van der Waals surface area (Å²) in [6.45, 7) is 0.883. The predicted molar refractivity (Wildman–Crippen MR) is 63.7 cm³/mol. The first kappa shape index (κ1) is 16.5. The van der Waals surface area contributed by atoms with E-state index in [9.17, 15) is 14.4 Å². The van der Waals surface area contributed by atoms with Gasteiger partial charge in [-0.2, -0.15) is 0 Å². The van der Waals surface area contributed by atoms with Gasteiger partial charge in [-0.3, -0.25) is 14.4 Å². The highest BCUT2D eigenvalue weighted by molar-refractivity contribution is 5.91. The summed E-state index contributed by atoms with van der Waals surface area (Å²) < 4.78 is 5.31. The number of ether oxygens (including phenoxy) is 1. The fourth-order valence-electron chi connectivity index (χ4n) is 1.70. The molecule has 0 aliphatic heterocycles. The average Bonchev–Trinajstić information content (AvgIpc) is 2.13. The molecule has 0 spiro atoms. The monoisotopic (exact) mass is 261 g/mol. The maximum absolute atomic E-state index is 11.7. The highest BCUT2D eigenvalue weighted by atomic mass is 16.6. The Hall–Kier alpha value is -1.47. The third kappa shape index (κ3) is 5.24. The van der Waals surface area contributed by atoms with Crippen LogP contribution in [0, 0.1) is 0 Å². The highest BCUT2D eigenvalue weighted by Gasteiger charge is 2.46. The van der Waals surface area contributed by atoms with Crippen LogP contribution in [0.5, 0.6) is 0 Å². The van der Waals surface area contributed by atoms with Crippen LogP contribution < -0.4 is 5.73 Å². The van der Waals surface area contributed by atoms with E-state index >= 15 is 0 Å². The Balaban J connectivity index is 5.35. The van der Waals surface area contributed by atoms with Gasteiger partial charge in [0.2, 0.25) is 5.60 Å². The number of likely N-dealkylation sites (N-methyl/N-ethyl adjacent to an activating group) is 1. The number of aliphatic carboxylic acids is 1. The molecule has 0 rings (SSSR count). The van der Waals surface area contributed by atoms with Gasteiger partial charge in [0.25, 0.3) is 0 Å². The third-order valence-corrected chi connectivity index (χ3v) is 2.28. The minimum absolute atomic E-state index is 0.0698. The summed E-state index contributed by atoms with van der Waals surface area (Å²) >= 11 is 0. The number of rotatable bonds is 7. The molecular weight excluding hydrogens is 240 g/mol. The zero-order valence-electron chi connectivity index (χ0n) is 11.2. The molecule has 7 heteroatoms. The summed E-state index contributed by atoms with van der Waals surface area (Å²) in [6.07, 6.45) is -0.566. The lowest BCUT2D eigenvalue weighted by atomic mass is 9.93. The van der Waals surface area contributed by atoms with E-state index in [4.69, 9.17) is 15.6 Å². The Labute approximate surface area is 106 Å². The molecule has 18 heavy (non-hydrogen) atoms. The molecule has 0 fully saturated rings. The van der Waals surface area contributed by atoms with Crippen LogP contribution in [0.2, 0.25) is 0 Å². The number of quaternary nitrogens is 1. The van der Waals surface area contributed by atoms with E-state index in [-0.39, 0.29) is 11.0 Å². The second kappa shape index (κ2) is 5.92. The van der Waals surface area contributed by atoms with Crippen molar-refractivity contribution in [3.63, 3.8) is 0 Å². The van der Waals surface area contributed by atoms with E-state index < -0.39 is 36.3 Å². The number of hydrogen-bond donors (Lipinski definition) is 2. The number of hydrogen-bond acceptors (Lipinski definition) is 5. The summed E-state index contributed by atoms with van der Waals surface area (Å²) in [5.74, 6) is -2.50. The predicted octanol–water partition coefficient (Wildman–Crippen LogP) is -1.00. The van der Waals surface area contributed by atoms with Crippen molar-refractivity contribution in [1.82, 2.24) is 0 Å². The lowest BCUT2D eigenvalue weighted by Gasteiger charge is -2.36. The molecule has 0 saturated carbocycles. The Morgan fingerprint density at radius 2 is 1.78 bits per heavy atom. The minimum Gasteiger partial charge on any atom is -0.481 e. The summed E-state index contributed by atoms with van der Waals surface area (Å²) in [5.41, 5.74) is 3.47. The number of carboxylic acid groups (broad SMARTS) is 1. The zero-order valence-corrected chi connectivity index (χ0v) is 11.2. The first-order valence-electron chi connectivity index (χ1n) is 5.47. The first-order valence-corrected chi connectivity index (χ1v) is 5.47. The maximum atomic E-state index is 11.7. The van der Waals surface area contributed by atoms with E-state index in [1.807, 2.05) is 0 Å². The lowest BCUT2D eigenvalue weighted by molar-refractivity contribution is -0.875. The van der Waals surface area contributed by atoms with Gasteiger partial charge in [-0.15, -0.1) is 0 Å². The number of nitrogens with zero attached hydrogens (tertiary/aromatic N) is 1. The van der Waals surface area contributed by atoms with Crippen LogP contribution in [0.25, 0.3) is 0 Å². The molecule has 0 amide bonds. The normalized spacial score (nSPS) is 14.7. The molecule has 0 unspecified atom stereocenters. The van der Waals surface area contributed by atoms with Gasteiger partial charge in [-0.1, -0.05) is 0 Å². The van der Waals surface area contributed by atoms with Crippen molar-refractivity contribution in [2.45, 2.75) is 18.9 Å². The Bertz CT molecular complexity index is 348. The lowest BCUT2D eigenvalue weighted by Crippen LogP contribution is -2.57. The van der Waals surface area contributed by atoms with Crippen molar-refractivity contribution in [1.29, 1.82) is 0 Å². The molecule has 3 N–H and O–H groups in total. The number of Topliss-reactive ketones (excluding diaryl/α,β-unsaturated/α-hetero) is 1. The first-order chi connectivity index (χ1) is 8.02. The fraction of sp³-hybridized carbons (Fsp3) is 0.727. The summed E-state index contributed by atoms with van der Waals surface area (Å²) in [6, 6.07) is 0. The van der Waals surface area contributed by atoms with Gasteiger partial charge < -0.3 is 20.1 Å². The molecule has 7 nitrogen and oxygen atoms in total. The molecule has 0 aromatic heterocycles. The molecule has 0 heterocycles. The Morgan fingerprint density at radius 1 is 1.28 bits per heavy atom. The SMILES string of the molecule is CC(=O)[C@@](CC(=O)O)(C[N+](C)(C)C)OC(=O)CN. The van der Waals surface area contributed by atoms with E-state index in [0.29, 0.717) is 0 Å². The molecule has 1 atom stereocenters. The van der Waals surface area contributed by atoms with E-state index in [1.165, 1.54) is 6.92 Å². The number of carboxylic acids is 1. The van der Waals surface area contributed by atoms with Crippen molar-refractivity contribution in [2.75, 3.05) is 34.2 Å². The van der Waals surface area contributed by atoms with Gasteiger partial charge in [-0.25, -0.2) is 0 Å². The molecule has 0 aromatic rings. The molecule has 0 bridgehead atoms. The van der Waals surface area contributed by atoms with Gasteiger partial charge in [0.05, 0.1) is 34.1 Å². The van der Waals surface area contributed by atoms with Crippen molar-refractivity contribution >= 4 is 17.7 Å². The molecule has 0 aliphatic carbocycles. The van der Waals surface area contributed by atoms with Crippen molar-refractivity contribution < 1.29 is 28.7 Å². The number of carbonyl (C=O) groups excluding carboxylic acids is 2. The van der Waals surface area contributed by atoms with Crippen LogP contribution in [0.3, 0.4) is 0 Å². The molecular formula is C11H21N2O5+. The molecule has 0 aliphatic rings. The topological polar surface area (TPSA) is 107 Å². The van der Waals surface area contributed by atoms with Gasteiger partial charge in [-0.05, 0) is 6.92 Å². The zero-order chi connectivity index (χ0) is 14.6. The summed E-state index contributed by atoms with van der Waals surface area (Å²) in [4.78, 5) is 33.9. The highest BCUT2D eigenvalue weighted by Crippen LogP contribution is 2.21. The van der Waals surface area contributed by atoms with Gasteiger partial charge in [0.15, 0.2) is 5.78 Å².